The third-order valence-corrected chi connectivity index (χ3v) is 3.95. The molecule has 0 unspecified atom stereocenters. The first kappa shape index (κ1) is 18.8. The van der Waals surface area contributed by atoms with E-state index in [2.05, 4.69) is 5.32 Å². The highest BCUT2D eigenvalue weighted by Crippen LogP contribution is 2.20. The molecule has 0 spiro atoms. The van der Waals surface area contributed by atoms with Gasteiger partial charge in [0.05, 0.1) is 7.11 Å². The molecule has 0 aromatic heterocycles. The van der Waals surface area contributed by atoms with Crippen LogP contribution in [0.1, 0.15) is 18.9 Å². The van der Waals surface area contributed by atoms with Gasteiger partial charge in [-0.2, -0.15) is 0 Å². The fourth-order valence-electron chi connectivity index (χ4n) is 2.41. The number of methoxy groups -OCH3 is 1. The fourth-order valence-corrected chi connectivity index (χ4v) is 2.60. The predicted molar refractivity (Wildman–Crippen MR) is 98.8 cm³/mol. The third-order valence-electron chi connectivity index (χ3n) is 3.72. The molecule has 25 heavy (non-hydrogen) atoms. The van der Waals surface area contributed by atoms with Crippen LogP contribution in [0.25, 0.3) is 0 Å². The summed E-state index contributed by atoms with van der Waals surface area (Å²) >= 11 is 5.90. The van der Waals surface area contributed by atoms with E-state index in [-0.39, 0.29) is 18.2 Å². The van der Waals surface area contributed by atoms with Gasteiger partial charge in [-0.25, -0.2) is 0 Å². The van der Waals surface area contributed by atoms with Gasteiger partial charge in [0, 0.05) is 42.7 Å². The van der Waals surface area contributed by atoms with E-state index in [1.807, 2.05) is 24.3 Å². The maximum atomic E-state index is 12.1. The van der Waals surface area contributed by atoms with E-state index in [0.717, 1.165) is 11.3 Å². The number of amides is 2. The molecule has 0 aliphatic heterocycles. The zero-order valence-electron chi connectivity index (χ0n) is 14.3. The first-order valence-electron chi connectivity index (χ1n) is 7.92. The summed E-state index contributed by atoms with van der Waals surface area (Å²) in [4.78, 5) is 25.6. The Kier molecular flexibility index (Phi) is 6.83. The number of rotatable bonds is 7. The maximum absolute atomic E-state index is 12.1. The van der Waals surface area contributed by atoms with E-state index in [4.69, 9.17) is 16.3 Å². The van der Waals surface area contributed by atoms with Crippen LogP contribution >= 0.6 is 11.6 Å². The first-order valence-corrected chi connectivity index (χ1v) is 8.30. The van der Waals surface area contributed by atoms with Gasteiger partial charge in [-0.3, -0.25) is 9.59 Å². The zero-order valence-corrected chi connectivity index (χ0v) is 15.0. The Morgan fingerprint density at radius 3 is 2.60 bits per heavy atom. The van der Waals surface area contributed by atoms with Gasteiger partial charge in [-0.1, -0.05) is 35.9 Å². The van der Waals surface area contributed by atoms with Gasteiger partial charge in [0.2, 0.25) is 11.8 Å². The van der Waals surface area contributed by atoms with Gasteiger partial charge in [-0.05, 0) is 24.3 Å². The molecular weight excluding hydrogens is 340 g/mol. The smallest absolute Gasteiger partial charge is 0.226 e. The number of carbonyl (C=O) groups excluding carboxylic acids is 2. The monoisotopic (exact) mass is 360 g/mol. The van der Waals surface area contributed by atoms with Crippen LogP contribution in [-0.2, 0) is 16.1 Å². The van der Waals surface area contributed by atoms with Crippen molar-refractivity contribution in [3.05, 3.63) is 59.1 Å². The summed E-state index contributed by atoms with van der Waals surface area (Å²) in [6.45, 7) is 2.20. The molecule has 0 saturated heterocycles. The lowest BCUT2D eigenvalue weighted by molar-refractivity contribution is -0.129. The minimum atomic E-state index is -0.173. The molecule has 0 radical (unpaired) electrons. The largest absolute Gasteiger partial charge is 0.496 e. The highest BCUT2D eigenvalue weighted by molar-refractivity contribution is 6.30. The molecule has 0 aliphatic rings. The number of ether oxygens (including phenoxy) is 1. The van der Waals surface area contributed by atoms with Gasteiger partial charge >= 0.3 is 0 Å². The molecule has 1 N–H and O–H groups in total. The molecule has 0 bridgehead atoms. The Bertz CT molecular complexity index is 749. The Balaban J connectivity index is 1.95. The van der Waals surface area contributed by atoms with Gasteiger partial charge < -0.3 is 15.0 Å². The minimum Gasteiger partial charge on any atom is -0.496 e. The molecule has 0 saturated carbocycles. The molecule has 132 valence electrons. The van der Waals surface area contributed by atoms with Crippen molar-refractivity contribution in [3.8, 4) is 5.75 Å². The average Bonchev–Trinajstić information content (AvgIpc) is 2.58. The highest BCUT2D eigenvalue weighted by Gasteiger charge is 2.14. The van der Waals surface area contributed by atoms with Gasteiger partial charge in [0.25, 0.3) is 0 Å². The van der Waals surface area contributed by atoms with E-state index < -0.39 is 0 Å². The van der Waals surface area contributed by atoms with Crippen molar-refractivity contribution in [1.82, 2.24) is 4.90 Å². The van der Waals surface area contributed by atoms with Crippen LogP contribution in [0.2, 0.25) is 5.02 Å². The average molecular weight is 361 g/mol. The highest BCUT2D eigenvalue weighted by atomic mass is 35.5. The Morgan fingerprint density at radius 2 is 1.92 bits per heavy atom. The van der Waals surface area contributed by atoms with Crippen LogP contribution in [0.5, 0.6) is 5.75 Å². The standard InChI is InChI=1S/C19H21ClN2O3/c1-14(23)22(13-15-6-3-4-9-18(15)25-2)11-10-19(24)21-17-8-5-7-16(20)12-17/h3-9,12H,10-11,13H2,1-2H3,(H,21,24). The number of halogens is 1. The minimum absolute atomic E-state index is 0.0959. The number of benzene rings is 2. The summed E-state index contributed by atoms with van der Waals surface area (Å²) in [5.74, 6) is 0.451. The van der Waals surface area contributed by atoms with Crippen molar-refractivity contribution < 1.29 is 14.3 Å². The maximum Gasteiger partial charge on any atom is 0.226 e. The lowest BCUT2D eigenvalue weighted by Gasteiger charge is -2.22. The molecule has 5 nitrogen and oxygen atoms in total. The van der Waals surface area contributed by atoms with Crippen LogP contribution < -0.4 is 10.1 Å². The predicted octanol–water partition coefficient (Wildman–Crippen LogP) is 3.73. The molecule has 0 fully saturated rings. The van der Waals surface area contributed by atoms with Gasteiger partial charge in [0.15, 0.2) is 0 Å². The van der Waals surface area contributed by atoms with Crippen molar-refractivity contribution in [2.75, 3.05) is 19.0 Å². The number of nitrogens with zero attached hydrogens (tertiary/aromatic N) is 1. The fraction of sp³-hybridized carbons (Fsp3) is 0.263. The molecule has 2 amide bonds. The van der Waals surface area contributed by atoms with Crippen LogP contribution in [0.4, 0.5) is 5.69 Å². The normalized spacial score (nSPS) is 10.2. The number of para-hydroxylation sites is 1. The van der Waals surface area contributed by atoms with Gasteiger partial charge in [-0.15, -0.1) is 0 Å². The Morgan fingerprint density at radius 1 is 1.16 bits per heavy atom. The van der Waals surface area contributed by atoms with Crippen molar-refractivity contribution in [1.29, 1.82) is 0 Å². The van der Waals surface area contributed by atoms with Gasteiger partial charge in [0.1, 0.15) is 5.75 Å². The molecule has 0 aliphatic carbocycles. The summed E-state index contributed by atoms with van der Waals surface area (Å²) in [7, 11) is 1.59. The van der Waals surface area contributed by atoms with Crippen LogP contribution in [0, 0.1) is 0 Å². The number of anilines is 1. The number of hydrogen-bond acceptors (Lipinski definition) is 3. The topological polar surface area (TPSA) is 58.6 Å². The van der Waals surface area contributed by atoms with E-state index in [0.29, 0.717) is 23.8 Å². The second-order valence-corrected chi connectivity index (χ2v) is 6.00. The second-order valence-electron chi connectivity index (χ2n) is 5.56. The van der Waals surface area contributed by atoms with Crippen molar-refractivity contribution >= 4 is 29.1 Å². The summed E-state index contributed by atoms with van der Waals surface area (Å²) in [5.41, 5.74) is 1.53. The van der Waals surface area contributed by atoms with Crippen LogP contribution in [-0.4, -0.2) is 30.4 Å². The number of nitrogens with one attached hydrogen (secondary N) is 1. The molecular formula is C19H21ClN2O3. The van der Waals surface area contributed by atoms with Crippen molar-refractivity contribution in [2.45, 2.75) is 19.9 Å². The quantitative estimate of drug-likeness (QED) is 0.818. The molecule has 0 atom stereocenters. The third kappa shape index (κ3) is 5.80. The molecule has 2 aromatic rings. The van der Waals surface area contributed by atoms with E-state index in [9.17, 15) is 9.59 Å². The van der Waals surface area contributed by atoms with Crippen LogP contribution in [0.15, 0.2) is 48.5 Å². The van der Waals surface area contributed by atoms with E-state index >= 15 is 0 Å². The van der Waals surface area contributed by atoms with E-state index in [1.165, 1.54) is 6.92 Å². The summed E-state index contributed by atoms with van der Waals surface area (Å²) in [6.07, 6.45) is 0.196. The molecule has 0 heterocycles. The second kappa shape index (κ2) is 9.08. The Labute approximate surface area is 152 Å². The van der Waals surface area contributed by atoms with Crippen LogP contribution in [0.3, 0.4) is 0 Å². The SMILES string of the molecule is COc1ccccc1CN(CCC(=O)Nc1cccc(Cl)c1)C(C)=O. The zero-order chi connectivity index (χ0) is 18.2. The summed E-state index contributed by atoms with van der Waals surface area (Å²) in [6, 6.07) is 14.5. The number of carbonyl (C=O) groups is 2. The lowest BCUT2D eigenvalue weighted by atomic mass is 10.2. The molecule has 2 rings (SSSR count). The summed E-state index contributed by atoms with van der Waals surface area (Å²) in [5, 5.41) is 3.33. The Hall–Kier alpha value is -2.53. The molecule has 2 aromatic carbocycles. The van der Waals surface area contributed by atoms with Crippen molar-refractivity contribution in [2.24, 2.45) is 0 Å². The first-order chi connectivity index (χ1) is 12.0. The van der Waals surface area contributed by atoms with Crippen molar-refractivity contribution in [3.63, 3.8) is 0 Å². The lowest BCUT2D eigenvalue weighted by Crippen LogP contribution is -2.31. The summed E-state index contributed by atoms with van der Waals surface area (Å²) < 4.78 is 5.31. The molecule has 6 heteroatoms. The number of hydrogen-bond donors (Lipinski definition) is 1. The van der Waals surface area contributed by atoms with E-state index in [1.54, 1.807) is 36.3 Å².